The highest BCUT2D eigenvalue weighted by atomic mass is 19.1. The molecule has 0 bridgehead atoms. The molecule has 0 heterocycles. The molecule has 0 amide bonds. The minimum atomic E-state index is -0.175. The van der Waals surface area contributed by atoms with Crippen LogP contribution in [0.15, 0.2) is 18.2 Å². The summed E-state index contributed by atoms with van der Waals surface area (Å²) < 4.78 is 23.0. The zero-order chi connectivity index (χ0) is 10.4. The first-order valence-electron chi connectivity index (χ1n) is 4.55. The summed E-state index contributed by atoms with van der Waals surface area (Å²) >= 11 is 0. The van der Waals surface area contributed by atoms with E-state index < -0.39 is 0 Å². The number of benzene rings is 1. The standard InChI is InChI=1S/C10H14BFO2/c1-13-4-5-14-7-8-2-3-10(12)9(11)6-8/h2-3,6H,4-5,7,11H2,1H3. The predicted octanol–water partition coefficient (Wildman–Crippen LogP) is 0.247. The summed E-state index contributed by atoms with van der Waals surface area (Å²) in [6.07, 6.45) is 0. The van der Waals surface area contributed by atoms with E-state index in [0.717, 1.165) is 5.56 Å². The highest BCUT2D eigenvalue weighted by Crippen LogP contribution is 2.01. The van der Waals surface area contributed by atoms with E-state index in [9.17, 15) is 4.39 Å². The maximum atomic E-state index is 12.9. The Hall–Kier alpha value is -0.865. The molecule has 1 rings (SSSR count). The summed E-state index contributed by atoms with van der Waals surface area (Å²) in [5, 5.41) is 0. The highest BCUT2D eigenvalue weighted by molar-refractivity contribution is 6.32. The molecule has 0 saturated heterocycles. The first-order chi connectivity index (χ1) is 6.74. The van der Waals surface area contributed by atoms with Crippen molar-refractivity contribution in [3.8, 4) is 0 Å². The van der Waals surface area contributed by atoms with Crippen LogP contribution in [-0.2, 0) is 16.1 Å². The molecule has 0 saturated carbocycles. The molecular weight excluding hydrogens is 182 g/mol. The van der Waals surface area contributed by atoms with Gasteiger partial charge < -0.3 is 9.47 Å². The molecule has 0 fully saturated rings. The lowest BCUT2D eigenvalue weighted by Crippen LogP contribution is -2.10. The number of halogens is 1. The van der Waals surface area contributed by atoms with Gasteiger partial charge in [-0.1, -0.05) is 17.6 Å². The molecule has 2 nitrogen and oxygen atoms in total. The molecule has 0 aliphatic heterocycles. The van der Waals surface area contributed by atoms with Crippen LogP contribution in [0, 0.1) is 5.82 Å². The molecule has 14 heavy (non-hydrogen) atoms. The molecule has 4 heteroatoms. The second kappa shape index (κ2) is 5.78. The van der Waals surface area contributed by atoms with Gasteiger partial charge in [0.2, 0.25) is 0 Å². The molecule has 0 radical (unpaired) electrons. The largest absolute Gasteiger partial charge is 0.382 e. The summed E-state index contributed by atoms with van der Waals surface area (Å²) in [7, 11) is 3.37. The van der Waals surface area contributed by atoms with Crippen LogP contribution in [0.3, 0.4) is 0 Å². The summed E-state index contributed by atoms with van der Waals surface area (Å²) in [4.78, 5) is 0. The maximum Gasteiger partial charge on any atom is 0.143 e. The van der Waals surface area contributed by atoms with Gasteiger partial charge in [0.15, 0.2) is 0 Å². The van der Waals surface area contributed by atoms with Crippen LogP contribution in [-0.4, -0.2) is 28.2 Å². The fourth-order valence-electron chi connectivity index (χ4n) is 1.13. The molecule has 0 aliphatic rings. The van der Waals surface area contributed by atoms with Gasteiger partial charge in [0.1, 0.15) is 13.7 Å². The molecule has 0 unspecified atom stereocenters. The molecule has 0 N–H and O–H groups in total. The maximum absolute atomic E-state index is 12.9. The van der Waals surface area contributed by atoms with Crippen LogP contribution in [0.1, 0.15) is 5.56 Å². The number of rotatable bonds is 5. The second-order valence-electron chi connectivity index (χ2n) is 3.13. The minimum Gasteiger partial charge on any atom is -0.382 e. The van der Waals surface area contributed by atoms with Gasteiger partial charge >= 0.3 is 0 Å². The molecule has 1 aromatic rings. The Morgan fingerprint density at radius 2 is 2.14 bits per heavy atom. The Balaban J connectivity index is 2.39. The lowest BCUT2D eigenvalue weighted by atomic mass is 9.94. The smallest absolute Gasteiger partial charge is 0.143 e. The molecule has 0 aliphatic carbocycles. The number of methoxy groups -OCH3 is 1. The van der Waals surface area contributed by atoms with Crippen molar-refractivity contribution in [3.05, 3.63) is 29.6 Å². The van der Waals surface area contributed by atoms with Crippen molar-refractivity contribution in [2.75, 3.05) is 20.3 Å². The van der Waals surface area contributed by atoms with Crippen LogP contribution >= 0.6 is 0 Å². The Kier molecular flexibility index (Phi) is 4.63. The van der Waals surface area contributed by atoms with Crippen molar-refractivity contribution < 1.29 is 13.9 Å². The van der Waals surface area contributed by atoms with Crippen molar-refractivity contribution in [2.24, 2.45) is 0 Å². The third-order valence-corrected chi connectivity index (χ3v) is 1.92. The monoisotopic (exact) mass is 196 g/mol. The molecule has 0 atom stereocenters. The lowest BCUT2D eigenvalue weighted by molar-refractivity contribution is 0.0617. The van der Waals surface area contributed by atoms with Gasteiger partial charge in [-0.05, 0) is 11.6 Å². The summed E-state index contributed by atoms with van der Waals surface area (Å²) in [6, 6.07) is 4.99. The summed E-state index contributed by atoms with van der Waals surface area (Å²) in [5.41, 5.74) is 1.64. The van der Waals surface area contributed by atoms with Crippen LogP contribution in [0.4, 0.5) is 4.39 Å². The zero-order valence-electron chi connectivity index (χ0n) is 8.55. The van der Waals surface area contributed by atoms with Gasteiger partial charge in [0.05, 0.1) is 19.8 Å². The van der Waals surface area contributed by atoms with Crippen LogP contribution < -0.4 is 5.46 Å². The third kappa shape index (κ3) is 3.48. The van der Waals surface area contributed by atoms with Crippen LogP contribution in [0.25, 0.3) is 0 Å². The summed E-state index contributed by atoms with van der Waals surface area (Å²) in [5.74, 6) is -0.175. The first kappa shape index (κ1) is 11.2. The Morgan fingerprint density at radius 3 is 2.79 bits per heavy atom. The van der Waals surface area contributed by atoms with Crippen LogP contribution in [0.2, 0.25) is 0 Å². The quantitative estimate of drug-likeness (QED) is 0.496. The predicted molar refractivity (Wildman–Crippen MR) is 56.1 cm³/mol. The van der Waals surface area contributed by atoms with E-state index in [-0.39, 0.29) is 5.82 Å². The van der Waals surface area contributed by atoms with Gasteiger partial charge in [0, 0.05) is 7.11 Å². The van der Waals surface area contributed by atoms with Gasteiger partial charge in [-0.25, -0.2) is 4.39 Å². The Morgan fingerprint density at radius 1 is 1.36 bits per heavy atom. The Bertz CT molecular complexity index is 291. The van der Waals surface area contributed by atoms with Gasteiger partial charge in [0.25, 0.3) is 0 Å². The summed E-state index contributed by atoms with van der Waals surface area (Å²) in [6.45, 7) is 1.65. The second-order valence-corrected chi connectivity index (χ2v) is 3.13. The van der Waals surface area contributed by atoms with Crippen molar-refractivity contribution in [3.63, 3.8) is 0 Å². The third-order valence-electron chi connectivity index (χ3n) is 1.92. The first-order valence-corrected chi connectivity index (χ1v) is 4.55. The van der Waals surface area contributed by atoms with Gasteiger partial charge in [-0.2, -0.15) is 0 Å². The molecular formula is C10H14BFO2. The van der Waals surface area contributed by atoms with E-state index in [1.807, 2.05) is 0 Å². The van der Waals surface area contributed by atoms with Crippen molar-refractivity contribution in [1.82, 2.24) is 0 Å². The van der Waals surface area contributed by atoms with Crippen LogP contribution in [0.5, 0.6) is 0 Å². The number of hydrogen-bond donors (Lipinski definition) is 0. The molecule has 0 aromatic heterocycles. The fraction of sp³-hybridized carbons (Fsp3) is 0.400. The van der Waals surface area contributed by atoms with Crippen molar-refractivity contribution in [2.45, 2.75) is 6.61 Å². The number of ether oxygens (including phenoxy) is 2. The van der Waals surface area contributed by atoms with E-state index in [2.05, 4.69) is 0 Å². The number of hydrogen-bond acceptors (Lipinski definition) is 2. The van der Waals surface area contributed by atoms with Gasteiger partial charge in [-0.15, -0.1) is 0 Å². The topological polar surface area (TPSA) is 18.5 Å². The van der Waals surface area contributed by atoms with E-state index >= 15 is 0 Å². The van der Waals surface area contributed by atoms with Gasteiger partial charge in [-0.3, -0.25) is 0 Å². The average Bonchev–Trinajstić information content (AvgIpc) is 2.18. The molecule has 76 valence electrons. The minimum absolute atomic E-state index is 0.175. The zero-order valence-corrected chi connectivity index (χ0v) is 8.55. The van der Waals surface area contributed by atoms with E-state index in [1.165, 1.54) is 6.07 Å². The van der Waals surface area contributed by atoms with Crippen molar-refractivity contribution in [1.29, 1.82) is 0 Å². The Labute approximate surface area is 84.4 Å². The van der Waals surface area contributed by atoms with E-state index in [0.29, 0.717) is 25.3 Å². The average molecular weight is 196 g/mol. The van der Waals surface area contributed by atoms with E-state index in [4.69, 9.17) is 9.47 Å². The lowest BCUT2D eigenvalue weighted by Gasteiger charge is -2.05. The molecule has 1 aromatic carbocycles. The van der Waals surface area contributed by atoms with Crippen molar-refractivity contribution >= 4 is 13.3 Å². The normalized spacial score (nSPS) is 10.4. The van der Waals surface area contributed by atoms with E-state index in [1.54, 1.807) is 27.1 Å². The molecule has 0 spiro atoms. The highest BCUT2D eigenvalue weighted by Gasteiger charge is 1.98. The SMILES string of the molecule is Bc1cc(COCCOC)ccc1F. The fourth-order valence-corrected chi connectivity index (χ4v) is 1.13.